The maximum Gasteiger partial charge on any atom is 0.419 e. The molecule has 2 aromatic rings. The molecule has 4 heteroatoms. The van der Waals surface area contributed by atoms with Gasteiger partial charge in [-0.3, -0.25) is 4.57 Å². The number of hydrogen-bond donors (Lipinski definition) is 1. The Hall–Kier alpha value is -1.55. The Morgan fingerprint density at radius 1 is 1.35 bits per heavy atom. The van der Waals surface area contributed by atoms with Gasteiger partial charge in [-0.25, -0.2) is 4.79 Å². The second kappa shape index (κ2) is 4.04. The summed E-state index contributed by atoms with van der Waals surface area (Å²) in [5, 5.41) is 3.36. The zero-order valence-electron chi connectivity index (χ0n) is 9.90. The van der Waals surface area contributed by atoms with Gasteiger partial charge in [-0.1, -0.05) is 6.07 Å². The number of nitrogens with zero attached hydrogens (tertiary/aromatic N) is 1. The molecular weight excluding hydrogens is 216 g/mol. The molecule has 0 spiro atoms. The Balaban J connectivity index is 2.05. The topological polar surface area (TPSA) is 47.2 Å². The number of piperidine rings is 1. The second-order valence-corrected chi connectivity index (χ2v) is 4.68. The van der Waals surface area contributed by atoms with Gasteiger partial charge in [0.05, 0.1) is 5.52 Å². The van der Waals surface area contributed by atoms with E-state index in [4.69, 9.17) is 4.42 Å². The lowest BCUT2D eigenvalue weighted by molar-refractivity contribution is 0.460. The highest BCUT2D eigenvalue weighted by Crippen LogP contribution is 2.27. The predicted molar refractivity (Wildman–Crippen MR) is 66.3 cm³/mol. The number of nitrogens with one attached hydrogen (secondary N) is 1. The number of oxazole rings is 1. The molecule has 0 atom stereocenters. The molecule has 0 radical (unpaired) electrons. The quantitative estimate of drug-likeness (QED) is 0.812. The van der Waals surface area contributed by atoms with Crippen LogP contribution in [0.4, 0.5) is 0 Å². The van der Waals surface area contributed by atoms with Crippen LogP contribution in [0, 0.1) is 0 Å². The number of aromatic nitrogens is 1. The summed E-state index contributed by atoms with van der Waals surface area (Å²) in [5.74, 6) is 0.313. The van der Waals surface area contributed by atoms with Gasteiger partial charge in [-0.05, 0) is 49.5 Å². The van der Waals surface area contributed by atoms with Crippen molar-refractivity contribution < 1.29 is 4.42 Å². The van der Waals surface area contributed by atoms with Crippen LogP contribution in [-0.2, 0) is 7.05 Å². The molecule has 1 aromatic heterocycles. The third-order valence-corrected chi connectivity index (χ3v) is 3.63. The lowest BCUT2D eigenvalue weighted by atomic mass is 9.90. The Kier molecular flexibility index (Phi) is 2.52. The molecule has 2 heterocycles. The lowest BCUT2D eigenvalue weighted by Gasteiger charge is -2.22. The molecule has 1 aromatic carbocycles. The monoisotopic (exact) mass is 232 g/mol. The zero-order chi connectivity index (χ0) is 11.8. The van der Waals surface area contributed by atoms with E-state index < -0.39 is 0 Å². The highest BCUT2D eigenvalue weighted by molar-refractivity contribution is 5.73. The van der Waals surface area contributed by atoms with Crippen molar-refractivity contribution in [3.05, 3.63) is 34.3 Å². The van der Waals surface area contributed by atoms with Crippen molar-refractivity contribution in [2.45, 2.75) is 18.8 Å². The van der Waals surface area contributed by atoms with E-state index in [0.29, 0.717) is 11.5 Å². The molecule has 0 amide bonds. The average Bonchev–Trinajstić information content (AvgIpc) is 2.66. The summed E-state index contributed by atoms with van der Waals surface area (Å²) in [6.45, 7) is 2.15. The molecule has 1 saturated heterocycles. The first kappa shape index (κ1) is 10.6. The summed E-state index contributed by atoms with van der Waals surface area (Å²) in [6, 6.07) is 6.09. The van der Waals surface area contributed by atoms with Gasteiger partial charge in [-0.2, -0.15) is 0 Å². The minimum atomic E-state index is -0.289. The van der Waals surface area contributed by atoms with Crippen molar-refractivity contribution in [2.75, 3.05) is 13.1 Å². The smallest absolute Gasteiger partial charge is 0.408 e. The van der Waals surface area contributed by atoms with Gasteiger partial charge < -0.3 is 9.73 Å². The Morgan fingerprint density at radius 2 is 2.12 bits per heavy atom. The minimum absolute atomic E-state index is 0.289. The molecule has 1 N–H and O–H groups in total. The fourth-order valence-electron chi connectivity index (χ4n) is 2.55. The maximum atomic E-state index is 11.4. The highest BCUT2D eigenvalue weighted by Gasteiger charge is 2.16. The van der Waals surface area contributed by atoms with Crippen molar-refractivity contribution in [1.29, 1.82) is 0 Å². The minimum Gasteiger partial charge on any atom is -0.408 e. The molecular formula is C13H16N2O2. The van der Waals surface area contributed by atoms with Crippen LogP contribution in [-0.4, -0.2) is 17.7 Å². The second-order valence-electron chi connectivity index (χ2n) is 4.68. The van der Waals surface area contributed by atoms with Crippen LogP contribution >= 0.6 is 0 Å². The first-order chi connectivity index (χ1) is 8.25. The first-order valence-electron chi connectivity index (χ1n) is 6.06. The number of rotatable bonds is 1. The summed E-state index contributed by atoms with van der Waals surface area (Å²) < 4.78 is 6.71. The van der Waals surface area contributed by atoms with Crippen molar-refractivity contribution in [2.24, 2.45) is 7.05 Å². The number of aryl methyl sites for hydroxylation is 1. The SMILES string of the molecule is Cn1c(=O)oc2ccc(C3CCNCC3)cc21. The van der Waals surface area contributed by atoms with Crippen molar-refractivity contribution >= 4 is 11.1 Å². The van der Waals surface area contributed by atoms with E-state index >= 15 is 0 Å². The molecule has 1 aliphatic rings. The van der Waals surface area contributed by atoms with E-state index in [1.807, 2.05) is 6.07 Å². The fraction of sp³-hybridized carbons (Fsp3) is 0.462. The van der Waals surface area contributed by atoms with Gasteiger partial charge >= 0.3 is 5.76 Å². The molecule has 0 bridgehead atoms. The number of fused-ring (bicyclic) bond motifs is 1. The summed E-state index contributed by atoms with van der Waals surface area (Å²) >= 11 is 0. The van der Waals surface area contributed by atoms with Gasteiger partial charge in [0.25, 0.3) is 0 Å². The largest absolute Gasteiger partial charge is 0.419 e. The third-order valence-electron chi connectivity index (χ3n) is 3.63. The summed E-state index contributed by atoms with van der Waals surface area (Å²) in [4.78, 5) is 11.4. The lowest BCUT2D eigenvalue weighted by Crippen LogP contribution is -2.26. The molecule has 3 rings (SSSR count). The number of hydrogen-bond acceptors (Lipinski definition) is 3. The van der Waals surface area contributed by atoms with Crippen LogP contribution in [0.3, 0.4) is 0 Å². The van der Waals surface area contributed by atoms with Crippen LogP contribution in [0.5, 0.6) is 0 Å². The van der Waals surface area contributed by atoms with E-state index in [2.05, 4.69) is 17.4 Å². The molecule has 1 fully saturated rings. The Morgan fingerprint density at radius 3 is 2.88 bits per heavy atom. The maximum absolute atomic E-state index is 11.4. The van der Waals surface area contributed by atoms with E-state index in [1.54, 1.807) is 11.6 Å². The number of benzene rings is 1. The fourth-order valence-corrected chi connectivity index (χ4v) is 2.55. The van der Waals surface area contributed by atoms with Crippen molar-refractivity contribution in [3.63, 3.8) is 0 Å². The van der Waals surface area contributed by atoms with Crippen LogP contribution in [0.1, 0.15) is 24.3 Å². The summed E-state index contributed by atoms with van der Waals surface area (Å²) in [7, 11) is 1.75. The van der Waals surface area contributed by atoms with Gasteiger partial charge in [0.1, 0.15) is 0 Å². The Bertz CT molecular complexity index is 591. The summed E-state index contributed by atoms with van der Waals surface area (Å²) in [6.07, 6.45) is 2.33. The van der Waals surface area contributed by atoms with Gasteiger partial charge in [0.15, 0.2) is 5.58 Å². The molecule has 0 unspecified atom stereocenters. The van der Waals surface area contributed by atoms with E-state index in [1.165, 1.54) is 5.56 Å². The Labute approximate surface area is 99.2 Å². The molecule has 17 heavy (non-hydrogen) atoms. The van der Waals surface area contributed by atoms with E-state index in [0.717, 1.165) is 31.4 Å². The van der Waals surface area contributed by atoms with E-state index in [-0.39, 0.29) is 5.76 Å². The van der Waals surface area contributed by atoms with Crippen LogP contribution in [0.2, 0.25) is 0 Å². The van der Waals surface area contributed by atoms with Crippen LogP contribution < -0.4 is 11.1 Å². The molecule has 0 aliphatic carbocycles. The predicted octanol–water partition coefficient (Wildman–Crippen LogP) is 1.60. The molecule has 0 saturated carbocycles. The standard InChI is InChI=1S/C13H16N2O2/c1-15-11-8-10(9-4-6-14-7-5-9)2-3-12(11)17-13(15)16/h2-3,8-9,14H,4-7H2,1H3. The van der Waals surface area contributed by atoms with Gasteiger partial charge in [-0.15, -0.1) is 0 Å². The summed E-state index contributed by atoms with van der Waals surface area (Å²) in [5.41, 5.74) is 2.89. The van der Waals surface area contributed by atoms with Crippen molar-refractivity contribution in [1.82, 2.24) is 9.88 Å². The van der Waals surface area contributed by atoms with Crippen LogP contribution in [0.15, 0.2) is 27.4 Å². The highest BCUT2D eigenvalue weighted by atomic mass is 16.4. The first-order valence-corrected chi connectivity index (χ1v) is 6.06. The average molecular weight is 232 g/mol. The molecule has 90 valence electrons. The van der Waals surface area contributed by atoms with E-state index in [9.17, 15) is 4.79 Å². The van der Waals surface area contributed by atoms with Gasteiger partial charge in [0.2, 0.25) is 0 Å². The van der Waals surface area contributed by atoms with Gasteiger partial charge in [0, 0.05) is 7.05 Å². The third kappa shape index (κ3) is 1.78. The molecule has 1 aliphatic heterocycles. The normalized spacial score (nSPS) is 17.7. The van der Waals surface area contributed by atoms with Crippen LogP contribution in [0.25, 0.3) is 11.1 Å². The zero-order valence-corrected chi connectivity index (χ0v) is 9.90. The van der Waals surface area contributed by atoms with Crippen molar-refractivity contribution in [3.8, 4) is 0 Å². The molecule has 4 nitrogen and oxygen atoms in total.